The number of hydrogen-bond donors (Lipinski definition) is 0. The van der Waals surface area contributed by atoms with Crippen LogP contribution < -0.4 is 0 Å². The normalized spacial score (nSPS) is 10.6. The lowest BCUT2D eigenvalue weighted by atomic mass is 10.1. The molecule has 0 spiro atoms. The van der Waals surface area contributed by atoms with Crippen LogP contribution >= 0.6 is 0 Å². The van der Waals surface area contributed by atoms with Crippen molar-refractivity contribution in [2.75, 3.05) is 13.7 Å². The minimum absolute atomic E-state index is 0.0245. The van der Waals surface area contributed by atoms with Gasteiger partial charge >= 0.3 is 5.97 Å². The van der Waals surface area contributed by atoms with Gasteiger partial charge in [0.25, 0.3) is 11.6 Å². The van der Waals surface area contributed by atoms with Crippen LogP contribution in [-0.2, 0) is 11.3 Å². The summed E-state index contributed by atoms with van der Waals surface area (Å²) < 4.78 is 4.91. The number of nitro benzene ring substituents is 1. The maximum absolute atomic E-state index is 12.9. The molecule has 0 bridgehead atoms. The highest BCUT2D eigenvalue weighted by atomic mass is 16.6. The van der Waals surface area contributed by atoms with E-state index in [4.69, 9.17) is 4.74 Å². The Bertz CT molecular complexity index is 1090. The van der Waals surface area contributed by atoms with Gasteiger partial charge in [-0.15, -0.1) is 0 Å². The molecule has 3 rings (SSSR count). The van der Waals surface area contributed by atoms with Crippen molar-refractivity contribution in [2.24, 2.45) is 0 Å². The van der Waals surface area contributed by atoms with E-state index in [0.29, 0.717) is 6.54 Å². The molecule has 0 N–H and O–H groups in total. The smallest absolute Gasteiger partial charge is 0.338 e. The highest BCUT2D eigenvalue weighted by Gasteiger charge is 2.21. The van der Waals surface area contributed by atoms with Crippen LogP contribution in [0.4, 0.5) is 5.69 Å². The van der Waals surface area contributed by atoms with E-state index in [0.717, 1.165) is 22.4 Å². The topological polar surface area (TPSA) is 89.8 Å². The molecule has 3 aromatic rings. The summed E-state index contributed by atoms with van der Waals surface area (Å²) in [5.74, 6) is -1.13. The van der Waals surface area contributed by atoms with Crippen LogP contribution in [0.5, 0.6) is 0 Å². The minimum atomic E-state index is -0.706. The van der Waals surface area contributed by atoms with Gasteiger partial charge in [-0.2, -0.15) is 0 Å². The molecular formula is C22H20N2O5. The maximum atomic E-state index is 12.9. The zero-order valence-corrected chi connectivity index (χ0v) is 16.1. The Hall–Kier alpha value is -3.74. The van der Waals surface area contributed by atoms with Gasteiger partial charge in [-0.05, 0) is 35.4 Å². The average molecular weight is 392 g/mol. The molecule has 1 amide bonds. The lowest BCUT2D eigenvalue weighted by Gasteiger charge is -2.18. The van der Waals surface area contributed by atoms with Crippen LogP contribution in [0.15, 0.2) is 60.7 Å². The monoisotopic (exact) mass is 392 g/mol. The number of non-ortho nitro benzene ring substituents is 1. The van der Waals surface area contributed by atoms with Gasteiger partial charge < -0.3 is 9.64 Å². The SMILES string of the molecule is CCOC(=O)c1cc(C(=O)N(C)Cc2ccc3ccccc3c2)cc([N+](=O)[O-])c1. The van der Waals surface area contributed by atoms with Crippen LogP contribution in [-0.4, -0.2) is 35.4 Å². The van der Waals surface area contributed by atoms with Gasteiger partial charge in [0.05, 0.1) is 17.1 Å². The van der Waals surface area contributed by atoms with E-state index in [-0.39, 0.29) is 23.4 Å². The predicted octanol–water partition coefficient (Wildman–Crippen LogP) is 4.20. The molecule has 0 aliphatic carbocycles. The second kappa shape index (κ2) is 8.52. The zero-order valence-electron chi connectivity index (χ0n) is 16.1. The van der Waals surface area contributed by atoms with Gasteiger partial charge in [-0.3, -0.25) is 14.9 Å². The van der Waals surface area contributed by atoms with Crippen LogP contribution in [0, 0.1) is 10.1 Å². The molecule has 0 fully saturated rings. The number of ether oxygens (including phenoxy) is 1. The minimum Gasteiger partial charge on any atom is -0.462 e. The fourth-order valence-electron chi connectivity index (χ4n) is 3.08. The van der Waals surface area contributed by atoms with E-state index in [1.165, 1.54) is 17.0 Å². The Morgan fingerprint density at radius 1 is 1.00 bits per heavy atom. The van der Waals surface area contributed by atoms with Gasteiger partial charge in [0.1, 0.15) is 0 Å². The summed E-state index contributed by atoms with van der Waals surface area (Å²) in [4.78, 5) is 36.9. The number of rotatable bonds is 6. The third kappa shape index (κ3) is 4.57. The van der Waals surface area contributed by atoms with Gasteiger partial charge in [-0.1, -0.05) is 36.4 Å². The number of amides is 1. The Morgan fingerprint density at radius 3 is 2.38 bits per heavy atom. The average Bonchev–Trinajstić information content (AvgIpc) is 2.72. The first-order valence-corrected chi connectivity index (χ1v) is 9.08. The van der Waals surface area contributed by atoms with Crippen molar-refractivity contribution in [3.63, 3.8) is 0 Å². The standard InChI is InChI=1S/C22H20N2O5/c1-3-29-22(26)19-11-18(12-20(13-19)24(27)28)21(25)23(2)14-15-8-9-16-6-4-5-7-17(16)10-15/h4-13H,3,14H2,1-2H3. The Balaban J connectivity index is 1.87. The maximum Gasteiger partial charge on any atom is 0.338 e. The Kier molecular flexibility index (Phi) is 5.87. The van der Waals surface area contributed by atoms with Crippen molar-refractivity contribution in [2.45, 2.75) is 13.5 Å². The molecule has 148 valence electrons. The fraction of sp³-hybridized carbons (Fsp3) is 0.182. The third-order valence-corrected chi connectivity index (χ3v) is 4.47. The van der Waals surface area contributed by atoms with E-state index in [9.17, 15) is 19.7 Å². The quantitative estimate of drug-likeness (QED) is 0.356. The molecule has 0 saturated heterocycles. The molecule has 7 heteroatoms. The van der Waals surface area contributed by atoms with E-state index in [2.05, 4.69) is 0 Å². The molecule has 0 aliphatic rings. The van der Waals surface area contributed by atoms with Crippen molar-refractivity contribution in [3.05, 3.63) is 87.5 Å². The number of nitrogens with zero attached hydrogens (tertiary/aromatic N) is 2. The van der Waals surface area contributed by atoms with E-state index in [1.54, 1.807) is 14.0 Å². The summed E-state index contributed by atoms with van der Waals surface area (Å²) in [6, 6.07) is 17.4. The van der Waals surface area contributed by atoms with Crippen molar-refractivity contribution in [1.29, 1.82) is 0 Å². The van der Waals surface area contributed by atoms with Crippen LogP contribution in [0.2, 0.25) is 0 Å². The number of carbonyl (C=O) groups excluding carboxylic acids is 2. The molecule has 7 nitrogen and oxygen atoms in total. The van der Waals surface area contributed by atoms with Crippen molar-refractivity contribution < 1.29 is 19.2 Å². The summed E-state index contributed by atoms with van der Waals surface area (Å²) in [5.41, 5.74) is 0.627. The second-order valence-electron chi connectivity index (χ2n) is 6.59. The summed E-state index contributed by atoms with van der Waals surface area (Å²) in [6.07, 6.45) is 0. The first-order valence-electron chi connectivity index (χ1n) is 9.08. The number of fused-ring (bicyclic) bond motifs is 1. The molecule has 0 aromatic heterocycles. The molecule has 0 atom stereocenters. The number of nitro groups is 1. The highest BCUT2D eigenvalue weighted by molar-refractivity contribution is 5.99. The van der Waals surface area contributed by atoms with Gasteiger partial charge in [0.2, 0.25) is 0 Å². The van der Waals surface area contributed by atoms with Crippen molar-refractivity contribution in [3.8, 4) is 0 Å². The second-order valence-corrected chi connectivity index (χ2v) is 6.59. The molecular weight excluding hydrogens is 372 g/mol. The van der Waals surface area contributed by atoms with Crippen molar-refractivity contribution in [1.82, 2.24) is 4.90 Å². The number of benzene rings is 3. The van der Waals surface area contributed by atoms with Gasteiger partial charge in [-0.25, -0.2) is 4.79 Å². The van der Waals surface area contributed by atoms with E-state index in [1.807, 2.05) is 42.5 Å². The lowest BCUT2D eigenvalue weighted by molar-refractivity contribution is -0.384. The van der Waals surface area contributed by atoms with Gasteiger partial charge in [0, 0.05) is 31.3 Å². The summed E-state index contributed by atoms with van der Waals surface area (Å²) in [7, 11) is 1.61. The number of hydrogen-bond acceptors (Lipinski definition) is 5. The molecule has 3 aromatic carbocycles. The molecule has 0 unspecified atom stereocenters. The van der Waals surface area contributed by atoms with Crippen molar-refractivity contribution >= 4 is 28.3 Å². The Morgan fingerprint density at radius 2 is 1.69 bits per heavy atom. The van der Waals surface area contributed by atoms with Crippen LogP contribution in [0.1, 0.15) is 33.2 Å². The van der Waals surface area contributed by atoms with Gasteiger partial charge in [0.15, 0.2) is 0 Å². The molecule has 0 saturated carbocycles. The Labute approximate surface area is 167 Å². The zero-order chi connectivity index (χ0) is 21.0. The number of carbonyl (C=O) groups is 2. The summed E-state index contributed by atoms with van der Waals surface area (Å²) in [6.45, 7) is 2.09. The van der Waals surface area contributed by atoms with Crippen LogP contribution in [0.25, 0.3) is 10.8 Å². The largest absolute Gasteiger partial charge is 0.462 e. The lowest BCUT2D eigenvalue weighted by Crippen LogP contribution is -2.26. The third-order valence-electron chi connectivity index (χ3n) is 4.47. The predicted molar refractivity (Wildman–Crippen MR) is 109 cm³/mol. The van der Waals surface area contributed by atoms with Crippen LogP contribution in [0.3, 0.4) is 0 Å². The molecule has 29 heavy (non-hydrogen) atoms. The number of esters is 1. The summed E-state index contributed by atoms with van der Waals surface area (Å²) in [5, 5.41) is 13.4. The highest BCUT2D eigenvalue weighted by Crippen LogP contribution is 2.21. The van der Waals surface area contributed by atoms with E-state index >= 15 is 0 Å². The summed E-state index contributed by atoms with van der Waals surface area (Å²) >= 11 is 0. The van der Waals surface area contributed by atoms with E-state index < -0.39 is 16.8 Å². The molecule has 0 aliphatic heterocycles. The molecule has 0 heterocycles. The fourth-order valence-corrected chi connectivity index (χ4v) is 3.08. The molecule has 0 radical (unpaired) electrons. The first-order chi connectivity index (χ1) is 13.9. The first kappa shape index (κ1) is 20.0.